The van der Waals surface area contributed by atoms with Crippen molar-refractivity contribution in [2.45, 2.75) is 19.3 Å². The Balaban J connectivity index is 2.31. The van der Waals surface area contributed by atoms with Crippen LogP contribution in [0.1, 0.15) is 34.0 Å². The van der Waals surface area contributed by atoms with Gasteiger partial charge < -0.3 is 5.32 Å². The first-order valence-electron chi connectivity index (χ1n) is 6.73. The lowest BCUT2D eigenvalue weighted by Crippen LogP contribution is -2.47. The topological polar surface area (TPSA) is 42.0 Å². The molecule has 1 aliphatic heterocycles. The van der Waals surface area contributed by atoms with Crippen molar-refractivity contribution in [3.63, 3.8) is 0 Å². The number of benzene rings is 1. The van der Waals surface area contributed by atoms with E-state index in [-0.39, 0.29) is 28.8 Å². The normalized spacial score (nSPS) is 20.5. The molecule has 1 aromatic heterocycles. The first-order chi connectivity index (χ1) is 10.4. The highest BCUT2D eigenvalue weighted by molar-refractivity contribution is 5.97. The number of nitrogens with zero attached hydrogens (tertiary/aromatic N) is 1. The number of carbonyl (C=O) groups excluding carboxylic acids is 1. The number of carbonyl (C=O) groups is 1. The van der Waals surface area contributed by atoms with Crippen molar-refractivity contribution in [3.8, 4) is 0 Å². The van der Waals surface area contributed by atoms with Gasteiger partial charge in [-0.1, -0.05) is 6.07 Å². The zero-order valence-corrected chi connectivity index (χ0v) is 12.0. The molecule has 3 nitrogen and oxygen atoms in total. The third-order valence-corrected chi connectivity index (χ3v) is 4.21. The Bertz CT molecular complexity index is 791. The van der Waals surface area contributed by atoms with Gasteiger partial charge in [-0.15, -0.1) is 0 Å². The predicted octanol–water partition coefficient (Wildman–Crippen LogP) is 2.86. The van der Waals surface area contributed by atoms with Gasteiger partial charge in [0.05, 0.1) is 11.8 Å². The van der Waals surface area contributed by atoms with Gasteiger partial charge >= 0.3 is 0 Å². The summed E-state index contributed by atoms with van der Waals surface area (Å²) < 4.78 is 42.3. The number of aromatic nitrogens is 1. The smallest absolute Gasteiger partial charge is 0.253 e. The van der Waals surface area contributed by atoms with Crippen LogP contribution < -0.4 is 5.32 Å². The van der Waals surface area contributed by atoms with Crippen molar-refractivity contribution in [2.24, 2.45) is 0 Å². The van der Waals surface area contributed by atoms with E-state index in [0.29, 0.717) is 0 Å². The Kier molecular flexibility index (Phi) is 3.20. The lowest BCUT2D eigenvalue weighted by molar-refractivity contribution is 0.0930. The van der Waals surface area contributed by atoms with E-state index in [2.05, 4.69) is 10.3 Å². The second-order valence-corrected chi connectivity index (χ2v) is 5.59. The molecule has 22 heavy (non-hydrogen) atoms. The Hall–Kier alpha value is -2.37. The van der Waals surface area contributed by atoms with Crippen LogP contribution in [0.3, 0.4) is 0 Å². The number of halogens is 3. The number of pyridine rings is 1. The van der Waals surface area contributed by atoms with E-state index in [9.17, 15) is 18.0 Å². The lowest BCUT2D eigenvalue weighted by atomic mass is 9.72. The van der Waals surface area contributed by atoms with Crippen LogP contribution in [-0.4, -0.2) is 17.4 Å². The maximum Gasteiger partial charge on any atom is 0.253 e. The van der Waals surface area contributed by atoms with E-state index in [1.54, 1.807) is 6.92 Å². The molecule has 1 atom stereocenters. The van der Waals surface area contributed by atoms with E-state index >= 15 is 0 Å². The number of nitrogens with one attached hydrogen (secondary N) is 1. The van der Waals surface area contributed by atoms with Gasteiger partial charge in [0.2, 0.25) is 0 Å². The number of hydrogen-bond donors (Lipinski definition) is 1. The Labute approximate surface area is 125 Å². The molecule has 0 radical (unpaired) electrons. The molecule has 0 aliphatic carbocycles. The summed E-state index contributed by atoms with van der Waals surface area (Å²) in [4.78, 5) is 15.6. The van der Waals surface area contributed by atoms with Crippen molar-refractivity contribution in [2.75, 3.05) is 6.54 Å². The van der Waals surface area contributed by atoms with Crippen LogP contribution in [0.4, 0.5) is 13.2 Å². The molecule has 0 saturated heterocycles. The van der Waals surface area contributed by atoms with E-state index in [0.717, 1.165) is 12.3 Å². The highest BCUT2D eigenvalue weighted by Crippen LogP contribution is 2.39. The van der Waals surface area contributed by atoms with Gasteiger partial charge in [-0.2, -0.15) is 0 Å². The SMILES string of the molecule is Cc1c(F)ccc(C2(C)CNC(=O)c3cncc(F)c32)c1F. The van der Waals surface area contributed by atoms with Crippen LogP contribution in [0, 0.1) is 24.4 Å². The molecule has 1 aromatic carbocycles. The van der Waals surface area contributed by atoms with Crippen LogP contribution in [-0.2, 0) is 5.41 Å². The van der Waals surface area contributed by atoms with Crippen molar-refractivity contribution in [1.82, 2.24) is 10.3 Å². The quantitative estimate of drug-likeness (QED) is 0.880. The zero-order valence-electron chi connectivity index (χ0n) is 12.0. The highest BCUT2D eigenvalue weighted by atomic mass is 19.1. The molecule has 114 valence electrons. The molecular formula is C16H13F3N2O. The summed E-state index contributed by atoms with van der Waals surface area (Å²) in [6.07, 6.45) is 2.24. The standard InChI is InChI=1S/C16H13F3N2O/c1-8-11(17)4-3-10(14(8)19)16(2)7-21-15(22)9-5-20-6-12(18)13(9)16/h3-6H,7H2,1-2H3,(H,21,22). The fourth-order valence-corrected chi connectivity index (χ4v) is 2.93. The first-order valence-corrected chi connectivity index (χ1v) is 6.73. The first kappa shape index (κ1) is 14.6. The number of fused-ring (bicyclic) bond motifs is 1. The molecule has 1 amide bonds. The van der Waals surface area contributed by atoms with Gasteiger partial charge in [-0.05, 0) is 19.9 Å². The highest BCUT2D eigenvalue weighted by Gasteiger charge is 2.41. The van der Waals surface area contributed by atoms with E-state index in [1.165, 1.54) is 19.2 Å². The van der Waals surface area contributed by atoms with Crippen molar-refractivity contribution >= 4 is 5.91 Å². The number of amides is 1. The van der Waals surface area contributed by atoms with Crippen molar-refractivity contribution < 1.29 is 18.0 Å². The Morgan fingerprint density at radius 3 is 2.64 bits per heavy atom. The summed E-state index contributed by atoms with van der Waals surface area (Å²) in [7, 11) is 0. The van der Waals surface area contributed by atoms with Crippen LogP contribution >= 0.6 is 0 Å². The minimum absolute atomic E-state index is 0.0156. The molecule has 6 heteroatoms. The molecule has 0 saturated carbocycles. The molecule has 0 bridgehead atoms. The van der Waals surface area contributed by atoms with Crippen LogP contribution in [0.15, 0.2) is 24.5 Å². The second-order valence-electron chi connectivity index (χ2n) is 5.59. The van der Waals surface area contributed by atoms with Crippen molar-refractivity contribution in [3.05, 3.63) is 64.2 Å². The minimum atomic E-state index is -1.14. The van der Waals surface area contributed by atoms with Gasteiger partial charge in [0.25, 0.3) is 5.91 Å². The van der Waals surface area contributed by atoms with E-state index in [1.807, 2.05) is 0 Å². The summed E-state index contributed by atoms with van der Waals surface area (Å²) in [5.74, 6) is -2.55. The van der Waals surface area contributed by atoms with Gasteiger partial charge in [0.1, 0.15) is 17.5 Å². The average Bonchev–Trinajstić information content (AvgIpc) is 2.49. The summed E-state index contributed by atoms with van der Waals surface area (Å²) in [5.41, 5.74) is -0.991. The van der Waals surface area contributed by atoms with Gasteiger partial charge in [-0.3, -0.25) is 9.78 Å². The summed E-state index contributed by atoms with van der Waals surface area (Å²) in [6.45, 7) is 2.95. The van der Waals surface area contributed by atoms with Gasteiger partial charge in [-0.25, -0.2) is 13.2 Å². The zero-order chi connectivity index (χ0) is 16.1. The molecule has 0 spiro atoms. The number of rotatable bonds is 1. The maximum absolute atomic E-state index is 14.5. The molecule has 2 aromatic rings. The second kappa shape index (κ2) is 4.83. The molecule has 1 N–H and O–H groups in total. The molecule has 1 unspecified atom stereocenters. The lowest BCUT2D eigenvalue weighted by Gasteiger charge is -2.36. The van der Waals surface area contributed by atoms with E-state index in [4.69, 9.17) is 0 Å². The van der Waals surface area contributed by atoms with Crippen LogP contribution in [0.25, 0.3) is 0 Å². The summed E-state index contributed by atoms with van der Waals surface area (Å²) in [5, 5.41) is 2.61. The Morgan fingerprint density at radius 1 is 1.18 bits per heavy atom. The molecule has 2 heterocycles. The largest absolute Gasteiger partial charge is 0.351 e. The van der Waals surface area contributed by atoms with Crippen molar-refractivity contribution in [1.29, 1.82) is 0 Å². The third-order valence-electron chi connectivity index (χ3n) is 4.21. The average molecular weight is 306 g/mol. The fourth-order valence-electron chi connectivity index (χ4n) is 2.93. The molecular weight excluding hydrogens is 293 g/mol. The van der Waals surface area contributed by atoms with Gasteiger partial charge in [0.15, 0.2) is 0 Å². The van der Waals surface area contributed by atoms with E-state index < -0.39 is 28.8 Å². The third kappa shape index (κ3) is 1.90. The van der Waals surface area contributed by atoms with Crippen LogP contribution in [0.5, 0.6) is 0 Å². The predicted molar refractivity (Wildman–Crippen MR) is 74.1 cm³/mol. The minimum Gasteiger partial charge on any atom is -0.351 e. The fraction of sp³-hybridized carbons (Fsp3) is 0.250. The van der Waals surface area contributed by atoms with Gasteiger partial charge in [0, 0.05) is 34.8 Å². The number of hydrogen-bond acceptors (Lipinski definition) is 2. The molecule has 1 aliphatic rings. The molecule has 3 rings (SSSR count). The van der Waals surface area contributed by atoms with Crippen LogP contribution in [0.2, 0.25) is 0 Å². The summed E-state index contributed by atoms with van der Waals surface area (Å²) >= 11 is 0. The maximum atomic E-state index is 14.5. The Morgan fingerprint density at radius 2 is 1.91 bits per heavy atom. The summed E-state index contributed by atoms with van der Waals surface area (Å²) in [6, 6.07) is 2.44. The monoisotopic (exact) mass is 306 g/mol. The molecule has 0 fully saturated rings.